The van der Waals surface area contributed by atoms with E-state index in [0.29, 0.717) is 5.25 Å². The van der Waals surface area contributed by atoms with E-state index in [-0.39, 0.29) is 5.54 Å². The highest BCUT2D eigenvalue weighted by Crippen LogP contribution is 2.38. The van der Waals surface area contributed by atoms with E-state index in [1.807, 2.05) is 0 Å². The van der Waals surface area contributed by atoms with Crippen molar-refractivity contribution in [3.8, 4) is 0 Å². The Bertz CT molecular complexity index is 249. The molecule has 17 heavy (non-hydrogen) atoms. The number of nitrogens with zero attached hydrogens (tertiary/aromatic N) is 2. The minimum atomic E-state index is 0.272. The van der Waals surface area contributed by atoms with Gasteiger partial charge >= 0.3 is 0 Å². The van der Waals surface area contributed by atoms with Gasteiger partial charge in [0.25, 0.3) is 0 Å². The Morgan fingerprint density at radius 2 is 2.06 bits per heavy atom. The van der Waals surface area contributed by atoms with Gasteiger partial charge in [-0.2, -0.15) is 11.8 Å². The van der Waals surface area contributed by atoms with Gasteiger partial charge in [-0.05, 0) is 38.6 Å². The van der Waals surface area contributed by atoms with Gasteiger partial charge in [-0.3, -0.25) is 4.90 Å². The summed E-state index contributed by atoms with van der Waals surface area (Å²) in [5.74, 6) is 1.32. The Kier molecular flexibility index (Phi) is 4.75. The smallest absolute Gasteiger partial charge is 0.0448 e. The fourth-order valence-corrected chi connectivity index (χ4v) is 4.64. The minimum Gasteiger partial charge on any atom is -0.329 e. The van der Waals surface area contributed by atoms with Gasteiger partial charge in [-0.25, -0.2) is 0 Å². The van der Waals surface area contributed by atoms with Crippen LogP contribution in [0.3, 0.4) is 0 Å². The number of nitrogens with two attached hydrogens (primary N) is 1. The first-order valence-corrected chi connectivity index (χ1v) is 7.99. The first-order chi connectivity index (χ1) is 8.19. The normalized spacial score (nSPS) is 37.9. The fourth-order valence-electron chi connectivity index (χ4n) is 3.30. The van der Waals surface area contributed by atoms with Gasteiger partial charge in [-0.15, -0.1) is 0 Å². The van der Waals surface area contributed by atoms with Crippen molar-refractivity contribution >= 4 is 11.8 Å². The Labute approximate surface area is 110 Å². The molecule has 4 heteroatoms. The Hall–Kier alpha value is 0.230. The van der Waals surface area contributed by atoms with Crippen LogP contribution in [0.1, 0.15) is 26.2 Å². The van der Waals surface area contributed by atoms with Gasteiger partial charge in [0.05, 0.1) is 0 Å². The molecular formula is C13H27N3S. The average molecular weight is 257 g/mol. The summed E-state index contributed by atoms with van der Waals surface area (Å²) in [6.07, 6.45) is 3.91. The van der Waals surface area contributed by atoms with Crippen LogP contribution in [-0.4, -0.2) is 66.1 Å². The minimum absolute atomic E-state index is 0.272. The maximum Gasteiger partial charge on any atom is 0.0448 e. The molecule has 0 bridgehead atoms. The summed E-state index contributed by atoms with van der Waals surface area (Å²) in [7, 11) is 2.23. The second-order valence-electron chi connectivity index (χ2n) is 5.57. The predicted octanol–water partition coefficient (Wildman–Crippen LogP) is 1.24. The largest absolute Gasteiger partial charge is 0.329 e. The summed E-state index contributed by atoms with van der Waals surface area (Å²) in [5, 5.41) is 0.685. The molecule has 0 aromatic carbocycles. The zero-order valence-corrected chi connectivity index (χ0v) is 12.1. The van der Waals surface area contributed by atoms with Crippen LogP contribution >= 0.6 is 11.8 Å². The lowest BCUT2D eigenvalue weighted by Gasteiger charge is -2.49. The number of likely N-dealkylation sites (N-methyl/N-ethyl adjacent to an activating group) is 1. The van der Waals surface area contributed by atoms with E-state index in [1.54, 1.807) is 0 Å². The van der Waals surface area contributed by atoms with Crippen LogP contribution in [0, 0.1) is 0 Å². The summed E-state index contributed by atoms with van der Waals surface area (Å²) in [4.78, 5) is 5.15. The highest BCUT2D eigenvalue weighted by Gasteiger charge is 2.42. The molecule has 2 atom stereocenters. The molecule has 0 radical (unpaired) electrons. The van der Waals surface area contributed by atoms with Crippen molar-refractivity contribution < 1.29 is 0 Å². The lowest BCUT2D eigenvalue weighted by atomic mass is 9.87. The molecule has 0 amide bonds. The molecule has 2 rings (SSSR count). The lowest BCUT2D eigenvalue weighted by molar-refractivity contribution is 0.0863. The fraction of sp³-hybridized carbons (Fsp3) is 1.00. The Balaban J connectivity index is 2.10. The number of hydrogen-bond donors (Lipinski definition) is 1. The predicted molar refractivity (Wildman–Crippen MR) is 76.6 cm³/mol. The molecule has 2 saturated heterocycles. The third-order valence-corrected chi connectivity index (χ3v) is 6.04. The van der Waals surface area contributed by atoms with Gasteiger partial charge in [0.15, 0.2) is 0 Å². The van der Waals surface area contributed by atoms with Crippen molar-refractivity contribution in [2.24, 2.45) is 5.73 Å². The number of thioether (sulfide) groups is 1. The molecule has 100 valence electrons. The topological polar surface area (TPSA) is 32.5 Å². The zero-order valence-electron chi connectivity index (χ0n) is 11.3. The number of rotatable bonds is 2. The van der Waals surface area contributed by atoms with Crippen LogP contribution in [0.25, 0.3) is 0 Å². The molecule has 3 nitrogen and oxygen atoms in total. The second kappa shape index (κ2) is 5.91. The van der Waals surface area contributed by atoms with E-state index >= 15 is 0 Å². The molecule has 2 N–H and O–H groups in total. The van der Waals surface area contributed by atoms with Gasteiger partial charge in [0, 0.05) is 37.0 Å². The van der Waals surface area contributed by atoms with E-state index in [1.165, 1.54) is 51.2 Å². The Morgan fingerprint density at radius 1 is 1.24 bits per heavy atom. The number of hydrogen-bond acceptors (Lipinski definition) is 4. The van der Waals surface area contributed by atoms with Gasteiger partial charge < -0.3 is 10.6 Å². The van der Waals surface area contributed by atoms with Crippen LogP contribution in [0.2, 0.25) is 0 Å². The van der Waals surface area contributed by atoms with E-state index < -0.39 is 0 Å². The van der Waals surface area contributed by atoms with Gasteiger partial charge in [0.1, 0.15) is 0 Å². The van der Waals surface area contributed by atoms with Crippen LogP contribution in [0.15, 0.2) is 0 Å². The van der Waals surface area contributed by atoms with Crippen molar-refractivity contribution in [1.29, 1.82) is 0 Å². The molecule has 2 aliphatic rings. The van der Waals surface area contributed by atoms with E-state index in [9.17, 15) is 0 Å². The van der Waals surface area contributed by atoms with Crippen molar-refractivity contribution in [3.05, 3.63) is 0 Å². The maximum absolute atomic E-state index is 6.18. The Morgan fingerprint density at radius 3 is 2.76 bits per heavy atom. The summed E-state index contributed by atoms with van der Waals surface area (Å²) in [5.41, 5.74) is 6.45. The molecule has 0 saturated carbocycles. The highest BCUT2D eigenvalue weighted by molar-refractivity contribution is 8.00. The van der Waals surface area contributed by atoms with Gasteiger partial charge in [0.2, 0.25) is 0 Å². The molecule has 0 aromatic rings. The van der Waals surface area contributed by atoms with Crippen LogP contribution in [-0.2, 0) is 0 Å². The zero-order chi connectivity index (χ0) is 12.3. The first-order valence-electron chi connectivity index (χ1n) is 6.94. The quantitative estimate of drug-likeness (QED) is 0.807. The second-order valence-corrected chi connectivity index (χ2v) is 7.02. The van der Waals surface area contributed by atoms with Crippen LogP contribution in [0.4, 0.5) is 0 Å². The summed E-state index contributed by atoms with van der Waals surface area (Å²) in [6.45, 7) is 8.05. The summed E-state index contributed by atoms with van der Waals surface area (Å²) < 4.78 is 0. The molecule has 0 spiro atoms. The highest BCUT2D eigenvalue weighted by atomic mass is 32.2. The van der Waals surface area contributed by atoms with Crippen molar-refractivity contribution in [2.45, 2.75) is 37.0 Å². The monoisotopic (exact) mass is 257 g/mol. The molecular weight excluding hydrogens is 230 g/mol. The summed E-state index contributed by atoms with van der Waals surface area (Å²) in [6, 6.07) is 0. The van der Waals surface area contributed by atoms with E-state index in [2.05, 4.69) is 35.5 Å². The standard InChI is InChI=1S/C13H27N3S/c1-12-13(11-14,5-3-10-17-12)16-7-4-6-15(2)8-9-16/h12H,3-11,14H2,1-2H3. The lowest BCUT2D eigenvalue weighted by Crippen LogP contribution is -2.61. The van der Waals surface area contributed by atoms with Crippen LogP contribution < -0.4 is 5.73 Å². The van der Waals surface area contributed by atoms with Crippen molar-refractivity contribution in [2.75, 3.05) is 45.5 Å². The first kappa shape index (κ1) is 13.7. The van der Waals surface area contributed by atoms with Crippen molar-refractivity contribution in [1.82, 2.24) is 9.80 Å². The third kappa shape index (κ3) is 2.80. The van der Waals surface area contributed by atoms with Crippen molar-refractivity contribution in [3.63, 3.8) is 0 Å². The molecule has 2 fully saturated rings. The molecule has 0 aromatic heterocycles. The van der Waals surface area contributed by atoms with E-state index in [4.69, 9.17) is 5.73 Å². The SMILES string of the molecule is CC1SCCCC1(CN)N1CCCN(C)CC1. The van der Waals surface area contributed by atoms with E-state index in [0.717, 1.165) is 6.54 Å². The molecule has 2 unspecified atom stereocenters. The third-order valence-electron chi connectivity index (χ3n) is 4.58. The van der Waals surface area contributed by atoms with Gasteiger partial charge in [-0.1, -0.05) is 6.92 Å². The summed E-state index contributed by atoms with van der Waals surface area (Å²) >= 11 is 2.12. The maximum atomic E-state index is 6.18. The molecule has 0 aliphatic carbocycles. The molecule has 2 aliphatic heterocycles. The molecule has 2 heterocycles. The van der Waals surface area contributed by atoms with Crippen LogP contribution in [0.5, 0.6) is 0 Å². The average Bonchev–Trinajstić information content (AvgIpc) is 2.55.